The summed E-state index contributed by atoms with van der Waals surface area (Å²) in [5.41, 5.74) is 1.58. The molecule has 1 amide bonds. The van der Waals surface area contributed by atoms with Crippen molar-refractivity contribution in [2.75, 3.05) is 5.32 Å². The van der Waals surface area contributed by atoms with Crippen molar-refractivity contribution in [3.05, 3.63) is 87.1 Å². The zero-order valence-corrected chi connectivity index (χ0v) is 15.6. The van der Waals surface area contributed by atoms with Gasteiger partial charge in [0.15, 0.2) is 0 Å². The molecular weight excluding hydrogens is 395 g/mol. The maximum absolute atomic E-state index is 12.6. The number of carbonyl (C=O) groups is 1. The monoisotopic (exact) mass is 406 g/mol. The average molecular weight is 408 g/mol. The Morgan fingerprint density at radius 3 is 2.62 bits per heavy atom. The van der Waals surface area contributed by atoms with Gasteiger partial charge in [0.1, 0.15) is 12.4 Å². The third-order valence-corrected chi connectivity index (χ3v) is 4.41. The van der Waals surface area contributed by atoms with Gasteiger partial charge in [-0.05, 0) is 36.4 Å². The Bertz CT molecular complexity index is 948. The highest BCUT2D eigenvalue weighted by Crippen LogP contribution is 2.28. The third-order valence-electron chi connectivity index (χ3n) is 3.55. The van der Waals surface area contributed by atoms with E-state index in [1.54, 1.807) is 60.9 Å². The Morgan fingerprint density at radius 1 is 1.04 bits per heavy atom. The Morgan fingerprint density at radius 2 is 1.85 bits per heavy atom. The normalized spacial score (nSPS) is 10.4. The standard InChI is InChI=1S/C19H13Cl3N2O2/c20-13-5-6-18(16(22)9-13)26-11-12-10-23-8-7-14(12)19(25)24-17-4-2-1-3-15(17)21/h1-10H,11H2,(H,24,25). The number of nitrogens with zero attached hydrogens (tertiary/aromatic N) is 1. The lowest BCUT2D eigenvalue weighted by molar-refractivity contribution is 0.102. The number of hydrogen-bond donors (Lipinski definition) is 1. The van der Waals surface area contributed by atoms with E-state index in [9.17, 15) is 4.79 Å². The number of ether oxygens (including phenoxy) is 1. The molecule has 2 aromatic carbocycles. The molecule has 0 aliphatic heterocycles. The number of carbonyl (C=O) groups excluding carboxylic acids is 1. The van der Waals surface area contributed by atoms with E-state index in [0.717, 1.165) is 0 Å². The van der Waals surface area contributed by atoms with Crippen LogP contribution in [-0.4, -0.2) is 10.9 Å². The molecule has 0 spiro atoms. The third kappa shape index (κ3) is 4.47. The number of anilines is 1. The first-order valence-electron chi connectivity index (χ1n) is 7.61. The molecule has 0 unspecified atom stereocenters. The lowest BCUT2D eigenvalue weighted by Crippen LogP contribution is -2.15. The van der Waals surface area contributed by atoms with Crippen LogP contribution in [0.5, 0.6) is 5.75 Å². The molecule has 0 aliphatic rings. The van der Waals surface area contributed by atoms with Crippen molar-refractivity contribution < 1.29 is 9.53 Å². The van der Waals surface area contributed by atoms with E-state index in [-0.39, 0.29) is 12.5 Å². The number of nitrogens with one attached hydrogen (secondary N) is 1. The topological polar surface area (TPSA) is 51.2 Å². The summed E-state index contributed by atoms with van der Waals surface area (Å²) in [6, 6.07) is 13.6. The van der Waals surface area contributed by atoms with Crippen molar-refractivity contribution in [2.45, 2.75) is 6.61 Å². The van der Waals surface area contributed by atoms with Crippen LogP contribution in [-0.2, 0) is 6.61 Å². The lowest BCUT2D eigenvalue weighted by atomic mass is 10.1. The van der Waals surface area contributed by atoms with Gasteiger partial charge in [-0.2, -0.15) is 0 Å². The fraction of sp³-hybridized carbons (Fsp3) is 0.0526. The van der Waals surface area contributed by atoms with Crippen LogP contribution in [0.1, 0.15) is 15.9 Å². The fourth-order valence-electron chi connectivity index (χ4n) is 2.26. The van der Waals surface area contributed by atoms with Gasteiger partial charge in [-0.1, -0.05) is 46.9 Å². The van der Waals surface area contributed by atoms with Crippen molar-refractivity contribution in [1.82, 2.24) is 4.98 Å². The molecule has 0 radical (unpaired) electrons. The first kappa shape index (κ1) is 18.5. The largest absolute Gasteiger partial charge is 0.487 e. The number of para-hydroxylation sites is 1. The van der Waals surface area contributed by atoms with Gasteiger partial charge in [-0.3, -0.25) is 9.78 Å². The smallest absolute Gasteiger partial charge is 0.256 e. The molecule has 0 bridgehead atoms. The van der Waals surface area contributed by atoms with E-state index < -0.39 is 0 Å². The van der Waals surface area contributed by atoms with Crippen LogP contribution in [0.15, 0.2) is 60.9 Å². The van der Waals surface area contributed by atoms with Gasteiger partial charge < -0.3 is 10.1 Å². The highest BCUT2D eigenvalue weighted by atomic mass is 35.5. The van der Waals surface area contributed by atoms with Crippen molar-refractivity contribution >= 4 is 46.4 Å². The molecule has 0 atom stereocenters. The summed E-state index contributed by atoms with van der Waals surface area (Å²) in [5.74, 6) is 0.165. The molecule has 0 aliphatic carbocycles. The van der Waals surface area contributed by atoms with Crippen LogP contribution >= 0.6 is 34.8 Å². The second-order valence-corrected chi connectivity index (χ2v) is 6.58. The zero-order chi connectivity index (χ0) is 18.5. The number of benzene rings is 2. The molecule has 0 saturated heterocycles. The second kappa shape index (κ2) is 8.41. The first-order chi connectivity index (χ1) is 12.5. The van der Waals surface area contributed by atoms with E-state index in [1.165, 1.54) is 0 Å². The molecule has 1 N–H and O–H groups in total. The SMILES string of the molecule is O=C(Nc1ccccc1Cl)c1ccncc1COc1ccc(Cl)cc1Cl. The Hall–Kier alpha value is -2.27. The Labute approximate surface area is 165 Å². The highest BCUT2D eigenvalue weighted by Gasteiger charge is 2.14. The van der Waals surface area contributed by atoms with Gasteiger partial charge in [-0.25, -0.2) is 0 Å². The summed E-state index contributed by atoms with van der Waals surface area (Å²) in [7, 11) is 0. The summed E-state index contributed by atoms with van der Waals surface area (Å²) in [6.45, 7) is 0.125. The van der Waals surface area contributed by atoms with Gasteiger partial charge in [0.05, 0.1) is 15.7 Å². The van der Waals surface area contributed by atoms with E-state index in [4.69, 9.17) is 39.5 Å². The van der Waals surface area contributed by atoms with E-state index in [1.807, 2.05) is 0 Å². The minimum atomic E-state index is -0.304. The average Bonchev–Trinajstić information content (AvgIpc) is 2.63. The van der Waals surface area contributed by atoms with Crippen LogP contribution in [0.25, 0.3) is 0 Å². The molecule has 132 valence electrons. The number of amides is 1. The minimum Gasteiger partial charge on any atom is -0.487 e. The molecule has 0 fully saturated rings. The van der Waals surface area contributed by atoms with Gasteiger partial charge in [0, 0.05) is 28.5 Å². The van der Waals surface area contributed by atoms with Crippen LogP contribution in [0.3, 0.4) is 0 Å². The number of rotatable bonds is 5. The quantitative estimate of drug-likeness (QED) is 0.575. The van der Waals surface area contributed by atoms with Crippen LogP contribution in [0.2, 0.25) is 15.1 Å². The van der Waals surface area contributed by atoms with Crippen molar-refractivity contribution in [1.29, 1.82) is 0 Å². The Kier molecular flexibility index (Phi) is 5.99. The molecule has 26 heavy (non-hydrogen) atoms. The molecule has 7 heteroatoms. The van der Waals surface area contributed by atoms with E-state index in [0.29, 0.717) is 37.6 Å². The zero-order valence-electron chi connectivity index (χ0n) is 13.4. The molecule has 4 nitrogen and oxygen atoms in total. The summed E-state index contributed by atoms with van der Waals surface area (Å²) in [5, 5.41) is 4.15. The van der Waals surface area contributed by atoms with Gasteiger partial charge in [0.2, 0.25) is 0 Å². The first-order valence-corrected chi connectivity index (χ1v) is 8.74. The van der Waals surface area contributed by atoms with E-state index in [2.05, 4.69) is 10.3 Å². The minimum absolute atomic E-state index is 0.125. The number of pyridine rings is 1. The summed E-state index contributed by atoms with van der Waals surface area (Å²) in [6.07, 6.45) is 3.12. The van der Waals surface area contributed by atoms with Crippen LogP contribution < -0.4 is 10.1 Å². The molecule has 3 aromatic rings. The van der Waals surface area contributed by atoms with Crippen molar-refractivity contribution in [3.8, 4) is 5.75 Å². The highest BCUT2D eigenvalue weighted by molar-refractivity contribution is 6.35. The molecule has 1 heterocycles. The number of aromatic nitrogens is 1. The van der Waals surface area contributed by atoms with Gasteiger partial charge in [-0.15, -0.1) is 0 Å². The number of halogens is 3. The second-order valence-electron chi connectivity index (χ2n) is 5.33. The maximum Gasteiger partial charge on any atom is 0.256 e. The van der Waals surface area contributed by atoms with Crippen molar-refractivity contribution in [2.24, 2.45) is 0 Å². The summed E-state index contributed by atoms with van der Waals surface area (Å²) in [4.78, 5) is 16.7. The maximum atomic E-state index is 12.6. The van der Waals surface area contributed by atoms with Crippen LogP contribution in [0, 0.1) is 0 Å². The predicted octanol–water partition coefficient (Wildman–Crippen LogP) is 5.87. The summed E-state index contributed by atoms with van der Waals surface area (Å²) >= 11 is 18.1. The Balaban J connectivity index is 1.77. The molecule has 3 rings (SSSR count). The van der Waals surface area contributed by atoms with Gasteiger partial charge >= 0.3 is 0 Å². The summed E-state index contributed by atoms with van der Waals surface area (Å²) < 4.78 is 5.71. The van der Waals surface area contributed by atoms with E-state index >= 15 is 0 Å². The lowest BCUT2D eigenvalue weighted by Gasteiger charge is -2.12. The fourth-order valence-corrected chi connectivity index (χ4v) is 2.91. The predicted molar refractivity (Wildman–Crippen MR) is 104 cm³/mol. The molecule has 0 saturated carbocycles. The molecular formula is C19H13Cl3N2O2. The molecule has 1 aromatic heterocycles. The number of hydrogen-bond acceptors (Lipinski definition) is 3. The van der Waals surface area contributed by atoms with Crippen LogP contribution in [0.4, 0.5) is 5.69 Å². The van der Waals surface area contributed by atoms with Crippen molar-refractivity contribution in [3.63, 3.8) is 0 Å². The van der Waals surface area contributed by atoms with Gasteiger partial charge in [0.25, 0.3) is 5.91 Å².